The number of hydrogen-bond donors (Lipinski definition) is 2. The molecule has 1 atom stereocenters. The normalized spacial score (nSPS) is 17.5. The molecule has 0 saturated carbocycles. The van der Waals surface area contributed by atoms with E-state index >= 15 is 0 Å². The SMILES string of the molecule is Nc1ccc(OCC(O)CSC2COC2)cc1. The number of anilines is 1. The fourth-order valence-electron chi connectivity index (χ4n) is 1.36. The molecule has 17 heavy (non-hydrogen) atoms. The van der Waals surface area contributed by atoms with Gasteiger partial charge in [-0.05, 0) is 24.3 Å². The van der Waals surface area contributed by atoms with Gasteiger partial charge in [0.2, 0.25) is 0 Å². The Kier molecular flexibility index (Phi) is 4.53. The van der Waals surface area contributed by atoms with Crippen LogP contribution in [-0.4, -0.2) is 42.0 Å². The van der Waals surface area contributed by atoms with Gasteiger partial charge >= 0.3 is 0 Å². The van der Waals surface area contributed by atoms with E-state index < -0.39 is 6.10 Å². The number of hydrogen-bond acceptors (Lipinski definition) is 5. The molecule has 1 aliphatic rings. The molecule has 2 rings (SSSR count). The van der Waals surface area contributed by atoms with Gasteiger partial charge in [-0.25, -0.2) is 0 Å². The number of rotatable bonds is 6. The summed E-state index contributed by atoms with van der Waals surface area (Å²) in [5, 5.41) is 10.3. The summed E-state index contributed by atoms with van der Waals surface area (Å²) in [6.45, 7) is 1.91. The molecule has 1 unspecified atom stereocenters. The molecule has 0 aromatic heterocycles. The van der Waals surface area contributed by atoms with Crippen molar-refractivity contribution in [3.05, 3.63) is 24.3 Å². The molecule has 94 valence electrons. The van der Waals surface area contributed by atoms with E-state index in [2.05, 4.69) is 0 Å². The predicted octanol–water partition coefficient (Wildman–Crippen LogP) is 1.14. The number of aliphatic hydroxyl groups excluding tert-OH is 1. The van der Waals surface area contributed by atoms with Crippen LogP contribution in [0.2, 0.25) is 0 Å². The number of nitrogens with two attached hydrogens (primary N) is 1. The van der Waals surface area contributed by atoms with Gasteiger partial charge in [0.25, 0.3) is 0 Å². The molecule has 5 heteroatoms. The van der Waals surface area contributed by atoms with Gasteiger partial charge in [0, 0.05) is 11.4 Å². The molecular weight excluding hydrogens is 238 g/mol. The molecular formula is C12H17NO3S. The maximum Gasteiger partial charge on any atom is 0.119 e. The van der Waals surface area contributed by atoms with Gasteiger partial charge in [-0.15, -0.1) is 0 Å². The molecule has 0 bridgehead atoms. The monoisotopic (exact) mass is 255 g/mol. The first-order chi connectivity index (χ1) is 8.24. The highest BCUT2D eigenvalue weighted by atomic mass is 32.2. The Balaban J connectivity index is 1.64. The zero-order chi connectivity index (χ0) is 12.1. The Hall–Kier alpha value is -0.910. The first-order valence-corrected chi connectivity index (χ1v) is 6.64. The lowest BCUT2D eigenvalue weighted by Crippen LogP contribution is -2.32. The second-order valence-corrected chi connectivity index (χ2v) is 5.36. The molecule has 1 aromatic rings. The zero-order valence-corrected chi connectivity index (χ0v) is 10.4. The van der Waals surface area contributed by atoms with E-state index in [9.17, 15) is 5.11 Å². The number of thioether (sulfide) groups is 1. The summed E-state index contributed by atoms with van der Waals surface area (Å²) in [7, 11) is 0. The lowest BCUT2D eigenvalue weighted by Gasteiger charge is -2.26. The highest BCUT2D eigenvalue weighted by Gasteiger charge is 2.20. The van der Waals surface area contributed by atoms with Crippen LogP contribution in [0.4, 0.5) is 5.69 Å². The van der Waals surface area contributed by atoms with Crippen molar-refractivity contribution in [2.24, 2.45) is 0 Å². The fourth-order valence-corrected chi connectivity index (χ4v) is 2.34. The summed E-state index contributed by atoms with van der Waals surface area (Å²) < 4.78 is 10.5. The number of nitrogen functional groups attached to an aromatic ring is 1. The second kappa shape index (κ2) is 6.14. The van der Waals surface area contributed by atoms with Crippen LogP contribution in [0.15, 0.2) is 24.3 Å². The van der Waals surface area contributed by atoms with Crippen molar-refractivity contribution >= 4 is 17.4 Å². The smallest absolute Gasteiger partial charge is 0.119 e. The van der Waals surface area contributed by atoms with Gasteiger partial charge in [0.15, 0.2) is 0 Å². The quantitative estimate of drug-likeness (QED) is 0.746. The van der Waals surface area contributed by atoms with E-state index in [-0.39, 0.29) is 0 Å². The van der Waals surface area contributed by atoms with Crippen molar-refractivity contribution in [1.29, 1.82) is 0 Å². The Morgan fingerprint density at radius 1 is 1.41 bits per heavy atom. The van der Waals surface area contributed by atoms with Crippen molar-refractivity contribution in [3.8, 4) is 5.75 Å². The van der Waals surface area contributed by atoms with Crippen LogP contribution in [0.25, 0.3) is 0 Å². The van der Waals surface area contributed by atoms with E-state index in [1.54, 1.807) is 36.0 Å². The average Bonchev–Trinajstić information content (AvgIpc) is 2.26. The first-order valence-electron chi connectivity index (χ1n) is 5.60. The van der Waals surface area contributed by atoms with Crippen LogP contribution in [0, 0.1) is 0 Å². The van der Waals surface area contributed by atoms with Crippen molar-refractivity contribution in [2.75, 3.05) is 31.3 Å². The van der Waals surface area contributed by atoms with Crippen LogP contribution < -0.4 is 10.5 Å². The van der Waals surface area contributed by atoms with Crippen molar-refractivity contribution in [2.45, 2.75) is 11.4 Å². The number of benzene rings is 1. The summed E-state index contributed by atoms with van der Waals surface area (Å²) in [5.41, 5.74) is 6.27. The summed E-state index contributed by atoms with van der Waals surface area (Å²) >= 11 is 1.73. The van der Waals surface area contributed by atoms with Crippen molar-refractivity contribution in [1.82, 2.24) is 0 Å². The van der Waals surface area contributed by atoms with Crippen LogP contribution >= 0.6 is 11.8 Å². The molecule has 0 spiro atoms. The van der Waals surface area contributed by atoms with Gasteiger partial charge in [-0.2, -0.15) is 11.8 Å². The van der Waals surface area contributed by atoms with Crippen LogP contribution in [-0.2, 0) is 4.74 Å². The molecule has 1 aliphatic heterocycles. The van der Waals surface area contributed by atoms with Crippen molar-refractivity contribution < 1.29 is 14.6 Å². The van der Waals surface area contributed by atoms with E-state index in [4.69, 9.17) is 15.2 Å². The molecule has 0 radical (unpaired) electrons. The fraction of sp³-hybridized carbons (Fsp3) is 0.500. The number of aliphatic hydroxyl groups is 1. The van der Waals surface area contributed by atoms with Crippen LogP contribution in [0.3, 0.4) is 0 Å². The Labute approximate surface area is 105 Å². The lowest BCUT2D eigenvalue weighted by molar-refractivity contribution is 0.0450. The third-order valence-corrected chi connectivity index (χ3v) is 3.78. The minimum Gasteiger partial charge on any atom is -0.491 e. The maximum absolute atomic E-state index is 9.72. The predicted molar refractivity (Wildman–Crippen MR) is 69.4 cm³/mol. The largest absolute Gasteiger partial charge is 0.491 e. The molecule has 1 aromatic carbocycles. The number of ether oxygens (including phenoxy) is 2. The third kappa shape index (κ3) is 4.11. The molecule has 1 heterocycles. The standard InChI is InChI=1S/C12H17NO3S/c13-9-1-3-11(4-2-9)16-5-10(14)8-17-12-6-15-7-12/h1-4,10,12,14H,5-8,13H2. The molecule has 0 aliphatic carbocycles. The summed E-state index contributed by atoms with van der Waals surface area (Å²) in [6, 6.07) is 7.16. The summed E-state index contributed by atoms with van der Waals surface area (Å²) in [5.74, 6) is 1.42. The Morgan fingerprint density at radius 2 is 2.12 bits per heavy atom. The molecule has 3 N–H and O–H groups in total. The van der Waals surface area contributed by atoms with E-state index in [1.165, 1.54) is 0 Å². The first kappa shape index (κ1) is 12.5. The Bertz CT molecular complexity index is 340. The third-order valence-electron chi connectivity index (χ3n) is 2.45. The highest BCUT2D eigenvalue weighted by Crippen LogP contribution is 2.20. The van der Waals surface area contributed by atoms with Crippen LogP contribution in [0.5, 0.6) is 5.75 Å². The lowest BCUT2D eigenvalue weighted by atomic mass is 10.3. The topological polar surface area (TPSA) is 64.7 Å². The van der Waals surface area contributed by atoms with E-state index in [0.29, 0.717) is 23.3 Å². The molecule has 4 nitrogen and oxygen atoms in total. The van der Waals surface area contributed by atoms with Gasteiger partial charge < -0.3 is 20.3 Å². The molecule has 1 fully saturated rings. The molecule has 1 saturated heterocycles. The van der Waals surface area contributed by atoms with Crippen LogP contribution in [0.1, 0.15) is 0 Å². The maximum atomic E-state index is 9.72. The molecule has 0 amide bonds. The summed E-state index contributed by atoms with van der Waals surface area (Å²) in [6.07, 6.45) is -0.446. The minimum absolute atomic E-state index is 0.310. The highest BCUT2D eigenvalue weighted by molar-refractivity contribution is 8.00. The van der Waals surface area contributed by atoms with E-state index in [0.717, 1.165) is 19.0 Å². The van der Waals surface area contributed by atoms with Crippen molar-refractivity contribution in [3.63, 3.8) is 0 Å². The minimum atomic E-state index is -0.446. The Morgan fingerprint density at radius 3 is 2.71 bits per heavy atom. The van der Waals surface area contributed by atoms with Gasteiger partial charge in [-0.3, -0.25) is 0 Å². The van der Waals surface area contributed by atoms with E-state index in [1.807, 2.05) is 0 Å². The zero-order valence-electron chi connectivity index (χ0n) is 9.54. The van der Waals surface area contributed by atoms with Gasteiger partial charge in [0.1, 0.15) is 12.4 Å². The van der Waals surface area contributed by atoms with Gasteiger partial charge in [-0.1, -0.05) is 0 Å². The average molecular weight is 255 g/mol. The summed E-state index contributed by atoms with van der Waals surface area (Å²) in [4.78, 5) is 0. The van der Waals surface area contributed by atoms with Gasteiger partial charge in [0.05, 0.1) is 24.6 Å². The second-order valence-electron chi connectivity index (χ2n) is 4.03.